The number of nitrogens with zero attached hydrogens (tertiary/aromatic N) is 4. The predicted molar refractivity (Wildman–Crippen MR) is 89.9 cm³/mol. The van der Waals surface area contributed by atoms with Crippen molar-refractivity contribution in [2.24, 2.45) is 0 Å². The van der Waals surface area contributed by atoms with Crippen LogP contribution in [0.5, 0.6) is 0 Å². The van der Waals surface area contributed by atoms with E-state index in [1.54, 1.807) is 19.2 Å². The van der Waals surface area contributed by atoms with Gasteiger partial charge in [0, 0.05) is 38.2 Å². The molecule has 24 heavy (non-hydrogen) atoms. The lowest BCUT2D eigenvalue weighted by Crippen LogP contribution is -2.39. The van der Waals surface area contributed by atoms with Crippen LogP contribution in [0.2, 0.25) is 0 Å². The Labute approximate surface area is 141 Å². The summed E-state index contributed by atoms with van der Waals surface area (Å²) in [6.45, 7) is 7.18. The SMILES string of the molecule is Cc1nc([C@@H]2CCCN(C(=O)c3cccnc3NC(C)C)C2)no1. The summed E-state index contributed by atoms with van der Waals surface area (Å²) in [5, 5.41) is 7.26. The van der Waals surface area contributed by atoms with E-state index < -0.39 is 0 Å². The van der Waals surface area contributed by atoms with Crippen molar-refractivity contribution < 1.29 is 9.32 Å². The van der Waals surface area contributed by atoms with Gasteiger partial charge in [-0.25, -0.2) is 4.98 Å². The van der Waals surface area contributed by atoms with Gasteiger partial charge in [-0.3, -0.25) is 4.79 Å². The molecule has 7 nitrogen and oxygen atoms in total. The molecule has 1 aliphatic heterocycles. The van der Waals surface area contributed by atoms with Gasteiger partial charge in [0.1, 0.15) is 5.82 Å². The standard InChI is InChI=1S/C17H23N5O2/c1-11(2)19-16-14(7-4-8-18-16)17(23)22-9-5-6-13(10-22)15-20-12(3)24-21-15/h4,7-8,11,13H,5-6,9-10H2,1-3H3,(H,18,19)/t13-/m1/s1. The van der Waals surface area contributed by atoms with E-state index in [9.17, 15) is 4.79 Å². The number of amides is 1. The Morgan fingerprint density at radius 3 is 3.00 bits per heavy atom. The quantitative estimate of drug-likeness (QED) is 0.928. The van der Waals surface area contributed by atoms with Gasteiger partial charge in [-0.1, -0.05) is 5.16 Å². The smallest absolute Gasteiger partial charge is 0.257 e. The van der Waals surface area contributed by atoms with Crippen molar-refractivity contribution in [1.82, 2.24) is 20.0 Å². The first-order valence-electron chi connectivity index (χ1n) is 8.35. The van der Waals surface area contributed by atoms with E-state index in [4.69, 9.17) is 4.52 Å². The molecule has 0 spiro atoms. The fraction of sp³-hybridized carbons (Fsp3) is 0.529. The van der Waals surface area contributed by atoms with Gasteiger partial charge in [0.25, 0.3) is 5.91 Å². The van der Waals surface area contributed by atoms with E-state index >= 15 is 0 Å². The number of carbonyl (C=O) groups is 1. The summed E-state index contributed by atoms with van der Waals surface area (Å²) in [7, 11) is 0. The molecule has 128 valence electrons. The van der Waals surface area contributed by atoms with Crippen molar-refractivity contribution in [1.29, 1.82) is 0 Å². The molecule has 1 fully saturated rings. The first-order valence-corrected chi connectivity index (χ1v) is 8.35. The minimum atomic E-state index is -0.00355. The second-order valence-corrected chi connectivity index (χ2v) is 6.46. The van der Waals surface area contributed by atoms with Gasteiger partial charge >= 0.3 is 0 Å². The maximum absolute atomic E-state index is 13.0. The van der Waals surface area contributed by atoms with E-state index in [-0.39, 0.29) is 17.9 Å². The Bertz CT molecular complexity index is 713. The lowest BCUT2D eigenvalue weighted by molar-refractivity contribution is 0.0704. The zero-order valence-corrected chi connectivity index (χ0v) is 14.3. The van der Waals surface area contributed by atoms with E-state index in [0.29, 0.717) is 29.6 Å². The van der Waals surface area contributed by atoms with Crippen LogP contribution in [0.1, 0.15) is 54.7 Å². The second kappa shape index (κ2) is 6.98. The van der Waals surface area contributed by atoms with Crippen LogP contribution in [0, 0.1) is 6.92 Å². The minimum absolute atomic E-state index is 0.00355. The first kappa shape index (κ1) is 16.4. The van der Waals surface area contributed by atoms with Crippen LogP contribution in [0.4, 0.5) is 5.82 Å². The van der Waals surface area contributed by atoms with Gasteiger partial charge in [-0.15, -0.1) is 0 Å². The molecule has 0 unspecified atom stereocenters. The van der Waals surface area contributed by atoms with Crippen LogP contribution in [0.15, 0.2) is 22.9 Å². The fourth-order valence-corrected chi connectivity index (χ4v) is 2.99. The Hall–Kier alpha value is -2.44. The zero-order chi connectivity index (χ0) is 17.1. The molecule has 3 heterocycles. The van der Waals surface area contributed by atoms with Crippen molar-refractivity contribution in [2.75, 3.05) is 18.4 Å². The van der Waals surface area contributed by atoms with E-state index in [1.807, 2.05) is 24.8 Å². The van der Waals surface area contributed by atoms with Gasteiger partial charge in [0.2, 0.25) is 5.89 Å². The summed E-state index contributed by atoms with van der Waals surface area (Å²) in [6, 6.07) is 3.83. The molecular formula is C17H23N5O2. The summed E-state index contributed by atoms with van der Waals surface area (Å²) in [5.74, 6) is 2.00. The molecule has 0 radical (unpaired) electrons. The molecule has 0 aliphatic carbocycles. The number of piperidine rings is 1. The van der Waals surface area contributed by atoms with Crippen molar-refractivity contribution in [2.45, 2.75) is 45.6 Å². The maximum atomic E-state index is 13.0. The number of hydrogen-bond acceptors (Lipinski definition) is 6. The third kappa shape index (κ3) is 3.55. The zero-order valence-electron chi connectivity index (χ0n) is 14.3. The minimum Gasteiger partial charge on any atom is -0.367 e. The molecule has 1 saturated heterocycles. The largest absolute Gasteiger partial charge is 0.367 e. The van der Waals surface area contributed by atoms with Crippen LogP contribution in [0.25, 0.3) is 0 Å². The number of pyridine rings is 1. The third-order valence-electron chi connectivity index (χ3n) is 4.08. The number of carbonyl (C=O) groups excluding carboxylic acids is 1. The van der Waals surface area contributed by atoms with Crippen LogP contribution in [-0.2, 0) is 0 Å². The number of aryl methyl sites for hydroxylation is 1. The van der Waals surface area contributed by atoms with Crippen molar-refractivity contribution in [3.8, 4) is 0 Å². The molecule has 2 aromatic heterocycles. The topological polar surface area (TPSA) is 84.2 Å². The number of anilines is 1. The molecule has 1 atom stereocenters. The van der Waals surface area contributed by atoms with Crippen molar-refractivity contribution in [3.63, 3.8) is 0 Å². The fourth-order valence-electron chi connectivity index (χ4n) is 2.99. The number of nitrogens with one attached hydrogen (secondary N) is 1. The number of rotatable bonds is 4. The molecule has 1 N–H and O–H groups in total. The van der Waals surface area contributed by atoms with Gasteiger partial charge in [-0.2, -0.15) is 4.98 Å². The Kier molecular flexibility index (Phi) is 4.78. The summed E-state index contributed by atoms with van der Waals surface area (Å²) in [6.07, 6.45) is 3.59. The first-order chi connectivity index (χ1) is 11.5. The molecular weight excluding hydrogens is 306 g/mol. The molecule has 0 saturated carbocycles. The number of hydrogen-bond donors (Lipinski definition) is 1. The summed E-state index contributed by atoms with van der Waals surface area (Å²) < 4.78 is 5.08. The van der Waals surface area contributed by atoms with E-state index in [1.165, 1.54) is 0 Å². The molecule has 2 aromatic rings. The van der Waals surface area contributed by atoms with E-state index in [0.717, 1.165) is 19.4 Å². The second-order valence-electron chi connectivity index (χ2n) is 6.46. The van der Waals surface area contributed by atoms with Crippen LogP contribution in [0.3, 0.4) is 0 Å². The molecule has 0 aromatic carbocycles. The highest BCUT2D eigenvalue weighted by Gasteiger charge is 2.29. The predicted octanol–water partition coefficient (Wildman–Crippen LogP) is 2.61. The highest BCUT2D eigenvalue weighted by molar-refractivity contribution is 5.98. The van der Waals surface area contributed by atoms with Crippen LogP contribution < -0.4 is 5.32 Å². The van der Waals surface area contributed by atoms with Crippen molar-refractivity contribution >= 4 is 11.7 Å². The Balaban J connectivity index is 1.77. The van der Waals surface area contributed by atoms with Crippen LogP contribution in [-0.4, -0.2) is 45.1 Å². The molecule has 3 rings (SSSR count). The van der Waals surface area contributed by atoms with Crippen molar-refractivity contribution in [3.05, 3.63) is 35.6 Å². The van der Waals surface area contributed by atoms with Gasteiger partial charge < -0.3 is 14.7 Å². The van der Waals surface area contributed by atoms with E-state index in [2.05, 4.69) is 20.4 Å². The van der Waals surface area contributed by atoms with Gasteiger partial charge in [0.05, 0.1) is 5.56 Å². The summed E-state index contributed by atoms with van der Waals surface area (Å²) in [4.78, 5) is 23.5. The van der Waals surface area contributed by atoms with Gasteiger partial charge in [-0.05, 0) is 38.8 Å². The molecule has 1 amide bonds. The number of likely N-dealkylation sites (tertiary alicyclic amines) is 1. The lowest BCUT2D eigenvalue weighted by atomic mass is 9.96. The number of aromatic nitrogens is 3. The average Bonchev–Trinajstić information content (AvgIpc) is 3.01. The highest BCUT2D eigenvalue weighted by atomic mass is 16.5. The Morgan fingerprint density at radius 2 is 2.29 bits per heavy atom. The lowest BCUT2D eigenvalue weighted by Gasteiger charge is -2.31. The summed E-state index contributed by atoms with van der Waals surface area (Å²) >= 11 is 0. The normalized spacial score (nSPS) is 18.0. The molecule has 1 aliphatic rings. The third-order valence-corrected chi connectivity index (χ3v) is 4.08. The van der Waals surface area contributed by atoms with Gasteiger partial charge in [0.15, 0.2) is 5.82 Å². The molecule has 0 bridgehead atoms. The van der Waals surface area contributed by atoms with Crippen LogP contribution >= 0.6 is 0 Å². The average molecular weight is 329 g/mol. The highest BCUT2D eigenvalue weighted by Crippen LogP contribution is 2.27. The molecule has 7 heteroatoms. The Morgan fingerprint density at radius 1 is 1.46 bits per heavy atom. The maximum Gasteiger partial charge on any atom is 0.257 e. The monoisotopic (exact) mass is 329 g/mol. The summed E-state index contributed by atoms with van der Waals surface area (Å²) in [5.41, 5.74) is 0.608.